The number of aryl methyl sites for hydroxylation is 3. The molecule has 1 aromatic rings. The van der Waals surface area contributed by atoms with Crippen LogP contribution in [0.15, 0.2) is 12.1 Å². The molecule has 4 heteroatoms. The summed E-state index contributed by atoms with van der Waals surface area (Å²) in [6.45, 7) is 6.10. The Hall–Kier alpha value is -0.870. The van der Waals surface area contributed by atoms with Gasteiger partial charge in [0.25, 0.3) is 10.1 Å². The van der Waals surface area contributed by atoms with Crippen LogP contribution in [0.5, 0.6) is 0 Å². The molecule has 0 fully saturated rings. The lowest BCUT2D eigenvalue weighted by molar-refractivity contribution is 0.311. The third-order valence-electron chi connectivity index (χ3n) is 2.38. The second-order valence-electron chi connectivity index (χ2n) is 3.83. The summed E-state index contributed by atoms with van der Waals surface area (Å²) in [6, 6.07) is 4.01. The van der Waals surface area contributed by atoms with Crippen molar-refractivity contribution in [3.63, 3.8) is 0 Å². The Bertz CT molecular complexity index is 461. The molecule has 0 N–H and O–H groups in total. The van der Waals surface area contributed by atoms with Gasteiger partial charge >= 0.3 is 0 Å². The molecule has 3 nitrogen and oxygen atoms in total. The van der Waals surface area contributed by atoms with E-state index in [0.29, 0.717) is 0 Å². The molecule has 15 heavy (non-hydrogen) atoms. The van der Waals surface area contributed by atoms with Gasteiger partial charge in [-0.2, -0.15) is 8.42 Å². The molecule has 1 rings (SSSR count). The van der Waals surface area contributed by atoms with Crippen LogP contribution < -0.4 is 0 Å². The summed E-state index contributed by atoms with van der Waals surface area (Å²) in [6.07, 6.45) is 1.06. The van der Waals surface area contributed by atoms with Gasteiger partial charge in [0.2, 0.25) is 0 Å². The second kappa shape index (κ2) is 4.33. The van der Waals surface area contributed by atoms with Crippen molar-refractivity contribution in [3.05, 3.63) is 34.4 Å². The third kappa shape index (κ3) is 3.64. The SMILES string of the molecule is Cc1cc(C)c(COS(C)(=O)=O)cc1C. The van der Waals surface area contributed by atoms with E-state index < -0.39 is 10.1 Å². The van der Waals surface area contributed by atoms with Gasteiger partial charge in [-0.25, -0.2) is 0 Å². The predicted molar refractivity (Wildman–Crippen MR) is 60.3 cm³/mol. The van der Waals surface area contributed by atoms with Crippen LogP contribution in [0.4, 0.5) is 0 Å². The van der Waals surface area contributed by atoms with Crippen LogP contribution in [-0.2, 0) is 20.9 Å². The molecular weight excluding hydrogens is 212 g/mol. The van der Waals surface area contributed by atoms with Crippen molar-refractivity contribution in [2.45, 2.75) is 27.4 Å². The first-order chi connectivity index (χ1) is 6.79. The first-order valence-corrected chi connectivity index (χ1v) is 6.52. The maximum absolute atomic E-state index is 10.8. The fourth-order valence-electron chi connectivity index (χ4n) is 1.35. The van der Waals surface area contributed by atoms with Crippen molar-refractivity contribution < 1.29 is 12.6 Å². The average molecular weight is 228 g/mol. The van der Waals surface area contributed by atoms with Gasteiger partial charge in [-0.15, -0.1) is 0 Å². The highest BCUT2D eigenvalue weighted by molar-refractivity contribution is 7.85. The van der Waals surface area contributed by atoms with Crippen molar-refractivity contribution in [2.75, 3.05) is 6.26 Å². The van der Waals surface area contributed by atoms with E-state index in [2.05, 4.69) is 0 Å². The molecule has 0 unspecified atom stereocenters. The first kappa shape index (κ1) is 12.2. The number of hydrogen-bond acceptors (Lipinski definition) is 3. The summed E-state index contributed by atoms with van der Waals surface area (Å²) >= 11 is 0. The second-order valence-corrected chi connectivity index (χ2v) is 5.47. The normalized spacial score (nSPS) is 11.7. The maximum atomic E-state index is 10.8. The number of rotatable bonds is 3. The minimum atomic E-state index is -3.36. The van der Waals surface area contributed by atoms with E-state index in [4.69, 9.17) is 4.18 Å². The summed E-state index contributed by atoms with van der Waals surface area (Å²) < 4.78 is 26.5. The molecule has 0 aliphatic carbocycles. The summed E-state index contributed by atoms with van der Waals surface area (Å²) in [5.74, 6) is 0. The Morgan fingerprint density at radius 1 is 1.07 bits per heavy atom. The van der Waals surface area contributed by atoms with Crippen LogP contribution in [-0.4, -0.2) is 14.7 Å². The van der Waals surface area contributed by atoms with Crippen molar-refractivity contribution in [1.82, 2.24) is 0 Å². The summed E-state index contributed by atoms with van der Waals surface area (Å²) in [7, 11) is -3.36. The Kier molecular flexibility index (Phi) is 3.52. The molecule has 0 saturated heterocycles. The van der Waals surface area contributed by atoms with Crippen LogP contribution in [0.3, 0.4) is 0 Å². The van der Waals surface area contributed by atoms with Gasteiger partial charge in [-0.05, 0) is 43.0 Å². The van der Waals surface area contributed by atoms with Crippen LogP contribution in [0.1, 0.15) is 22.3 Å². The Morgan fingerprint density at radius 2 is 1.60 bits per heavy atom. The first-order valence-electron chi connectivity index (χ1n) is 4.71. The van der Waals surface area contributed by atoms with Gasteiger partial charge in [-0.1, -0.05) is 12.1 Å². The highest BCUT2D eigenvalue weighted by Crippen LogP contribution is 2.16. The lowest BCUT2D eigenvalue weighted by Crippen LogP contribution is -2.04. The Morgan fingerprint density at radius 3 is 2.13 bits per heavy atom. The minimum absolute atomic E-state index is 0.117. The van der Waals surface area contributed by atoms with Crippen molar-refractivity contribution in [1.29, 1.82) is 0 Å². The van der Waals surface area contributed by atoms with E-state index in [1.165, 1.54) is 5.56 Å². The van der Waals surface area contributed by atoms with Crippen molar-refractivity contribution in [3.8, 4) is 0 Å². The van der Waals surface area contributed by atoms with Gasteiger partial charge in [0.05, 0.1) is 12.9 Å². The fraction of sp³-hybridized carbons (Fsp3) is 0.455. The molecular formula is C11H16O3S. The zero-order chi connectivity index (χ0) is 11.6. The van der Waals surface area contributed by atoms with Crippen molar-refractivity contribution >= 4 is 10.1 Å². The molecule has 0 amide bonds. The molecule has 0 bridgehead atoms. The summed E-state index contributed by atoms with van der Waals surface area (Å²) in [5.41, 5.74) is 4.33. The van der Waals surface area contributed by atoms with Crippen molar-refractivity contribution in [2.24, 2.45) is 0 Å². The van der Waals surface area contributed by atoms with Crippen LogP contribution in [0.25, 0.3) is 0 Å². The predicted octanol–water partition coefficient (Wildman–Crippen LogP) is 2.09. The molecule has 0 spiro atoms. The molecule has 0 atom stereocenters. The smallest absolute Gasteiger partial charge is 0.264 e. The van der Waals surface area contributed by atoms with Gasteiger partial charge in [0.1, 0.15) is 0 Å². The molecule has 0 aliphatic rings. The van der Waals surface area contributed by atoms with Crippen LogP contribution >= 0.6 is 0 Å². The maximum Gasteiger partial charge on any atom is 0.264 e. The van der Waals surface area contributed by atoms with Crippen LogP contribution in [0, 0.1) is 20.8 Å². The van der Waals surface area contributed by atoms with Gasteiger partial charge in [0.15, 0.2) is 0 Å². The molecule has 0 aromatic heterocycles. The minimum Gasteiger partial charge on any atom is -0.265 e. The highest BCUT2D eigenvalue weighted by Gasteiger charge is 2.06. The van der Waals surface area contributed by atoms with Crippen LogP contribution in [0.2, 0.25) is 0 Å². The Balaban J connectivity index is 2.91. The lowest BCUT2D eigenvalue weighted by atomic mass is 10.0. The van der Waals surface area contributed by atoms with E-state index in [0.717, 1.165) is 22.9 Å². The monoisotopic (exact) mass is 228 g/mol. The zero-order valence-electron chi connectivity index (χ0n) is 9.49. The zero-order valence-corrected chi connectivity index (χ0v) is 10.3. The molecule has 1 aromatic carbocycles. The quantitative estimate of drug-likeness (QED) is 0.744. The molecule has 0 saturated carbocycles. The number of hydrogen-bond donors (Lipinski definition) is 0. The molecule has 84 valence electrons. The van der Waals surface area contributed by atoms with Gasteiger partial charge in [-0.3, -0.25) is 4.18 Å². The summed E-state index contributed by atoms with van der Waals surface area (Å²) in [5, 5.41) is 0. The third-order valence-corrected chi connectivity index (χ3v) is 2.93. The highest BCUT2D eigenvalue weighted by atomic mass is 32.2. The largest absolute Gasteiger partial charge is 0.265 e. The molecule has 0 heterocycles. The fourth-order valence-corrected chi connectivity index (χ4v) is 1.69. The van der Waals surface area contributed by atoms with E-state index in [-0.39, 0.29) is 6.61 Å². The van der Waals surface area contributed by atoms with Gasteiger partial charge in [0, 0.05) is 0 Å². The average Bonchev–Trinajstić information content (AvgIpc) is 2.07. The summed E-state index contributed by atoms with van der Waals surface area (Å²) in [4.78, 5) is 0. The lowest BCUT2D eigenvalue weighted by Gasteiger charge is -2.09. The Labute approximate surface area is 91.2 Å². The van der Waals surface area contributed by atoms with E-state index in [1.54, 1.807) is 0 Å². The van der Waals surface area contributed by atoms with E-state index in [1.807, 2.05) is 32.9 Å². The molecule has 0 aliphatic heterocycles. The van der Waals surface area contributed by atoms with E-state index >= 15 is 0 Å². The standard InChI is InChI=1S/C11H16O3S/c1-8-5-10(3)11(6-9(8)2)7-14-15(4,12)13/h5-6H,7H2,1-4H3. The number of benzene rings is 1. The topological polar surface area (TPSA) is 43.4 Å². The van der Waals surface area contributed by atoms with E-state index in [9.17, 15) is 8.42 Å². The van der Waals surface area contributed by atoms with Gasteiger partial charge < -0.3 is 0 Å². The molecule has 0 radical (unpaired) electrons.